The van der Waals surface area contributed by atoms with Crippen LogP contribution < -0.4 is 4.90 Å². The molecule has 1 aliphatic rings. The molecule has 1 aliphatic heterocycles. The summed E-state index contributed by atoms with van der Waals surface area (Å²) in [7, 11) is 0. The summed E-state index contributed by atoms with van der Waals surface area (Å²) in [4.78, 5) is 25.1. The molecule has 3 aromatic rings. The van der Waals surface area contributed by atoms with Gasteiger partial charge >= 0.3 is 6.18 Å². The molecule has 168 valence electrons. The topological polar surface area (TPSA) is 67.2 Å². The summed E-state index contributed by atoms with van der Waals surface area (Å²) in [6, 6.07) is 8.59. The summed E-state index contributed by atoms with van der Waals surface area (Å²) in [5.74, 6) is 1.34. The van der Waals surface area contributed by atoms with Crippen molar-refractivity contribution in [2.24, 2.45) is 0 Å². The third-order valence-corrected chi connectivity index (χ3v) is 5.46. The minimum Gasteiger partial charge on any atom is -0.353 e. The van der Waals surface area contributed by atoms with E-state index >= 15 is 0 Å². The summed E-state index contributed by atoms with van der Waals surface area (Å²) >= 11 is 0. The van der Waals surface area contributed by atoms with Crippen LogP contribution in [0.2, 0.25) is 0 Å². The lowest BCUT2D eigenvalue weighted by molar-refractivity contribution is -0.137. The zero-order valence-corrected chi connectivity index (χ0v) is 17.8. The molecular formula is C22H23F3N6O. The van der Waals surface area contributed by atoms with Gasteiger partial charge < -0.3 is 9.80 Å². The van der Waals surface area contributed by atoms with Crippen LogP contribution in [-0.4, -0.2) is 56.7 Å². The Kier molecular flexibility index (Phi) is 5.86. The Labute approximate surface area is 183 Å². The average molecular weight is 444 g/mol. The van der Waals surface area contributed by atoms with Gasteiger partial charge in [-0.3, -0.25) is 4.79 Å². The van der Waals surface area contributed by atoms with Crippen molar-refractivity contribution in [1.29, 1.82) is 0 Å². The molecule has 1 fully saturated rings. The van der Waals surface area contributed by atoms with E-state index < -0.39 is 11.7 Å². The Balaban J connectivity index is 1.36. The van der Waals surface area contributed by atoms with Crippen LogP contribution in [0.5, 0.6) is 0 Å². The molecule has 1 aromatic carbocycles. The van der Waals surface area contributed by atoms with Gasteiger partial charge in [0.25, 0.3) is 0 Å². The molecule has 0 radical (unpaired) electrons. The zero-order chi connectivity index (χ0) is 22.9. The summed E-state index contributed by atoms with van der Waals surface area (Å²) in [6.45, 7) is 6.12. The third-order valence-electron chi connectivity index (χ3n) is 5.46. The van der Waals surface area contributed by atoms with Gasteiger partial charge in [-0.15, -0.1) is 0 Å². The molecule has 0 unspecified atom stereocenters. The van der Waals surface area contributed by atoms with Crippen LogP contribution in [0, 0.1) is 13.8 Å². The predicted molar refractivity (Wildman–Crippen MR) is 113 cm³/mol. The molecule has 0 atom stereocenters. The fourth-order valence-corrected chi connectivity index (χ4v) is 3.77. The maximum atomic E-state index is 12.7. The quantitative estimate of drug-likeness (QED) is 0.618. The fourth-order valence-electron chi connectivity index (χ4n) is 3.77. The van der Waals surface area contributed by atoms with Crippen molar-refractivity contribution in [2.45, 2.75) is 26.4 Å². The summed E-state index contributed by atoms with van der Waals surface area (Å²) < 4.78 is 39.9. The first-order chi connectivity index (χ1) is 15.2. The van der Waals surface area contributed by atoms with Gasteiger partial charge in [0, 0.05) is 37.9 Å². The van der Waals surface area contributed by atoms with E-state index in [4.69, 9.17) is 0 Å². The van der Waals surface area contributed by atoms with Gasteiger partial charge in [-0.05, 0) is 37.6 Å². The largest absolute Gasteiger partial charge is 0.416 e. The number of rotatable bonds is 4. The van der Waals surface area contributed by atoms with Gasteiger partial charge in [0.2, 0.25) is 5.91 Å². The van der Waals surface area contributed by atoms with Crippen molar-refractivity contribution < 1.29 is 18.0 Å². The third kappa shape index (κ3) is 4.74. The number of carbonyl (C=O) groups is 1. The highest BCUT2D eigenvalue weighted by atomic mass is 19.4. The Morgan fingerprint density at radius 3 is 2.22 bits per heavy atom. The number of anilines is 1. The van der Waals surface area contributed by atoms with Gasteiger partial charge in [0.05, 0.1) is 17.7 Å². The molecule has 10 heteroatoms. The molecule has 4 rings (SSSR count). The second-order valence-corrected chi connectivity index (χ2v) is 7.81. The predicted octanol–water partition coefficient (Wildman–Crippen LogP) is 3.19. The van der Waals surface area contributed by atoms with Crippen LogP contribution in [0.4, 0.5) is 19.0 Å². The van der Waals surface area contributed by atoms with Gasteiger partial charge in [-0.25, -0.2) is 14.6 Å². The van der Waals surface area contributed by atoms with E-state index in [-0.39, 0.29) is 12.3 Å². The highest BCUT2D eigenvalue weighted by Crippen LogP contribution is 2.29. The second kappa shape index (κ2) is 8.60. The summed E-state index contributed by atoms with van der Waals surface area (Å²) in [6.07, 6.45) is -2.80. The number of alkyl halides is 3. The maximum absolute atomic E-state index is 12.7. The first kappa shape index (κ1) is 21.8. The molecule has 2 aromatic heterocycles. The zero-order valence-electron chi connectivity index (χ0n) is 17.8. The number of halogens is 3. The number of benzene rings is 1. The number of piperazine rings is 1. The molecule has 7 nitrogen and oxygen atoms in total. The van der Waals surface area contributed by atoms with Crippen LogP contribution in [0.3, 0.4) is 0 Å². The molecule has 0 spiro atoms. The van der Waals surface area contributed by atoms with E-state index in [1.807, 2.05) is 26.0 Å². The number of aryl methyl sites for hydroxylation is 2. The maximum Gasteiger partial charge on any atom is 0.416 e. The molecule has 0 aliphatic carbocycles. The van der Waals surface area contributed by atoms with E-state index in [0.717, 1.165) is 29.3 Å². The standard InChI is InChI=1S/C22H23F3N6O/c1-15-11-16(2)31(28-15)20-13-19(26-14-27-20)29-7-9-30(10-8-29)21(32)12-17-3-5-18(6-4-17)22(23,24)25/h3-6,11,13-14H,7-10,12H2,1-2H3. The molecular weight excluding hydrogens is 421 g/mol. The van der Waals surface area contributed by atoms with Crippen molar-refractivity contribution in [1.82, 2.24) is 24.6 Å². The second-order valence-electron chi connectivity index (χ2n) is 7.81. The number of hydrogen-bond donors (Lipinski definition) is 0. The molecule has 1 saturated heterocycles. The molecule has 0 N–H and O–H groups in total. The first-order valence-corrected chi connectivity index (χ1v) is 10.3. The van der Waals surface area contributed by atoms with Gasteiger partial charge in [0.15, 0.2) is 5.82 Å². The molecule has 32 heavy (non-hydrogen) atoms. The SMILES string of the molecule is Cc1cc(C)n(-c2cc(N3CCN(C(=O)Cc4ccc(C(F)(F)F)cc4)CC3)ncn2)n1. The van der Waals surface area contributed by atoms with Crippen molar-refractivity contribution in [3.63, 3.8) is 0 Å². The van der Waals surface area contributed by atoms with Crippen molar-refractivity contribution in [3.05, 3.63) is 65.2 Å². The number of carbonyl (C=O) groups excluding carboxylic acids is 1. The minimum absolute atomic E-state index is 0.0771. The van der Waals surface area contributed by atoms with Crippen molar-refractivity contribution in [2.75, 3.05) is 31.1 Å². The fraction of sp³-hybridized carbons (Fsp3) is 0.364. The summed E-state index contributed by atoms with van der Waals surface area (Å²) in [5.41, 5.74) is 1.73. The molecule has 0 saturated carbocycles. The Morgan fingerprint density at radius 2 is 1.62 bits per heavy atom. The van der Waals surface area contributed by atoms with E-state index in [2.05, 4.69) is 20.0 Å². The molecule has 0 bridgehead atoms. The Bertz CT molecular complexity index is 1100. The highest BCUT2D eigenvalue weighted by Gasteiger charge is 2.30. The summed E-state index contributed by atoms with van der Waals surface area (Å²) in [5, 5.41) is 4.45. The van der Waals surface area contributed by atoms with Crippen molar-refractivity contribution >= 4 is 11.7 Å². The smallest absolute Gasteiger partial charge is 0.353 e. The average Bonchev–Trinajstić information content (AvgIpc) is 3.11. The lowest BCUT2D eigenvalue weighted by Crippen LogP contribution is -2.49. The van der Waals surface area contributed by atoms with Crippen LogP contribution in [0.15, 0.2) is 42.7 Å². The normalized spacial score (nSPS) is 14.7. The number of nitrogens with zero attached hydrogens (tertiary/aromatic N) is 6. The van der Waals surface area contributed by atoms with Gasteiger partial charge in [0.1, 0.15) is 12.1 Å². The van der Waals surface area contributed by atoms with Crippen LogP contribution in [0.25, 0.3) is 5.82 Å². The minimum atomic E-state index is -4.38. The Morgan fingerprint density at radius 1 is 0.969 bits per heavy atom. The van der Waals surface area contributed by atoms with Crippen LogP contribution in [0.1, 0.15) is 22.5 Å². The number of hydrogen-bond acceptors (Lipinski definition) is 5. The van der Waals surface area contributed by atoms with E-state index in [1.165, 1.54) is 18.5 Å². The lowest BCUT2D eigenvalue weighted by Gasteiger charge is -2.35. The number of aromatic nitrogens is 4. The van der Waals surface area contributed by atoms with E-state index in [0.29, 0.717) is 37.6 Å². The van der Waals surface area contributed by atoms with Gasteiger partial charge in [-0.2, -0.15) is 18.3 Å². The highest BCUT2D eigenvalue weighted by molar-refractivity contribution is 5.79. The number of amides is 1. The van der Waals surface area contributed by atoms with E-state index in [9.17, 15) is 18.0 Å². The van der Waals surface area contributed by atoms with Gasteiger partial charge in [-0.1, -0.05) is 12.1 Å². The Hall–Kier alpha value is -3.43. The molecule has 3 heterocycles. The first-order valence-electron chi connectivity index (χ1n) is 10.3. The van der Waals surface area contributed by atoms with E-state index in [1.54, 1.807) is 9.58 Å². The monoisotopic (exact) mass is 444 g/mol. The van der Waals surface area contributed by atoms with Crippen LogP contribution >= 0.6 is 0 Å². The van der Waals surface area contributed by atoms with Crippen LogP contribution in [-0.2, 0) is 17.4 Å². The van der Waals surface area contributed by atoms with Crippen molar-refractivity contribution in [3.8, 4) is 5.82 Å². The lowest BCUT2D eigenvalue weighted by atomic mass is 10.1. The molecule has 1 amide bonds.